The van der Waals surface area contributed by atoms with Gasteiger partial charge in [0.1, 0.15) is 17.7 Å². The number of nitrogens with zero attached hydrogens (tertiary/aromatic N) is 2. The van der Waals surface area contributed by atoms with E-state index in [1.165, 1.54) is 6.07 Å². The van der Waals surface area contributed by atoms with E-state index in [2.05, 4.69) is 10.3 Å². The highest BCUT2D eigenvalue weighted by Gasteiger charge is 2.23. The van der Waals surface area contributed by atoms with Crippen molar-refractivity contribution in [3.05, 3.63) is 63.6 Å². The van der Waals surface area contributed by atoms with Crippen molar-refractivity contribution in [2.24, 2.45) is 5.92 Å². The second-order valence-electron chi connectivity index (χ2n) is 7.24. The maximum atomic E-state index is 14.2. The number of rotatable bonds is 6. The van der Waals surface area contributed by atoms with E-state index in [1.807, 2.05) is 13.8 Å². The topological polar surface area (TPSA) is 46.9 Å². The Morgan fingerprint density at radius 1 is 1.18 bits per heavy atom. The molecule has 3 aromatic rings. The van der Waals surface area contributed by atoms with Crippen molar-refractivity contribution < 1.29 is 9.18 Å². The molecule has 28 heavy (non-hydrogen) atoms. The summed E-state index contributed by atoms with van der Waals surface area (Å²) in [6.07, 6.45) is 0.248. The van der Waals surface area contributed by atoms with Crippen LogP contribution in [-0.2, 0) is 11.2 Å². The predicted octanol–water partition coefficient (Wildman–Crippen LogP) is 5.41. The summed E-state index contributed by atoms with van der Waals surface area (Å²) in [6, 6.07) is 9.36. The summed E-state index contributed by atoms with van der Waals surface area (Å²) < 4.78 is 16.0. The fourth-order valence-electron chi connectivity index (χ4n) is 3.08. The molecule has 0 bridgehead atoms. The van der Waals surface area contributed by atoms with Crippen LogP contribution in [-0.4, -0.2) is 22.0 Å². The fraction of sp³-hybridized carbons (Fsp3) is 0.333. The average molecular weight is 422 g/mol. The minimum absolute atomic E-state index is 0.131. The molecule has 0 saturated heterocycles. The molecule has 0 spiro atoms. The number of amides is 1. The predicted molar refractivity (Wildman–Crippen MR) is 112 cm³/mol. The van der Waals surface area contributed by atoms with E-state index < -0.39 is 6.04 Å². The third kappa shape index (κ3) is 4.31. The Labute approximate surface area is 173 Å². The molecule has 4 nitrogen and oxygen atoms in total. The molecule has 1 aromatic heterocycles. The molecule has 3 rings (SSSR count). The summed E-state index contributed by atoms with van der Waals surface area (Å²) in [7, 11) is 0. The summed E-state index contributed by atoms with van der Waals surface area (Å²) in [5.74, 6) is 0.468. The lowest BCUT2D eigenvalue weighted by molar-refractivity contribution is -0.124. The molecule has 0 aliphatic heterocycles. The molecular formula is C21H22Cl2FN3O. The van der Waals surface area contributed by atoms with Gasteiger partial charge in [-0.1, -0.05) is 55.2 Å². The van der Waals surface area contributed by atoms with Gasteiger partial charge in [-0.2, -0.15) is 0 Å². The van der Waals surface area contributed by atoms with Gasteiger partial charge in [-0.15, -0.1) is 0 Å². The molecule has 2 aromatic carbocycles. The van der Waals surface area contributed by atoms with Crippen molar-refractivity contribution in [1.82, 2.24) is 14.9 Å². The quantitative estimate of drug-likeness (QED) is 0.578. The highest BCUT2D eigenvalue weighted by atomic mass is 35.5. The lowest BCUT2D eigenvalue weighted by atomic mass is 10.1. The molecule has 7 heteroatoms. The normalized spacial score (nSPS) is 12.5. The number of nitrogens with one attached hydrogen (secondary N) is 1. The third-order valence-electron chi connectivity index (χ3n) is 4.56. The van der Waals surface area contributed by atoms with Crippen molar-refractivity contribution in [2.75, 3.05) is 6.54 Å². The van der Waals surface area contributed by atoms with Crippen LogP contribution in [0.2, 0.25) is 10.0 Å². The van der Waals surface area contributed by atoms with Gasteiger partial charge < -0.3 is 9.88 Å². The van der Waals surface area contributed by atoms with Gasteiger partial charge in [-0.25, -0.2) is 9.37 Å². The van der Waals surface area contributed by atoms with Gasteiger partial charge in [0.05, 0.1) is 21.1 Å². The smallest absolute Gasteiger partial charge is 0.242 e. The Bertz CT molecular complexity index is 1020. The molecule has 148 valence electrons. The second kappa shape index (κ2) is 8.50. The number of carbonyl (C=O) groups excluding carboxylic acids is 1. The van der Waals surface area contributed by atoms with Gasteiger partial charge in [0, 0.05) is 13.0 Å². The Balaban J connectivity index is 2.08. The standard InChI is InChI=1S/C21H22Cl2FN3O/c1-12(2)11-25-21(28)13(3)27-19-10-16(23)15(22)9-18(19)26-20(27)8-14-6-4-5-7-17(14)24/h4-7,9-10,12-13H,8,11H2,1-3H3,(H,25,28). The number of hydrogen-bond acceptors (Lipinski definition) is 2. The van der Waals surface area contributed by atoms with E-state index in [-0.39, 0.29) is 18.1 Å². The van der Waals surface area contributed by atoms with Crippen molar-refractivity contribution in [3.63, 3.8) is 0 Å². The molecule has 1 atom stereocenters. The molecule has 1 amide bonds. The van der Waals surface area contributed by atoms with E-state index in [9.17, 15) is 9.18 Å². The highest BCUT2D eigenvalue weighted by Crippen LogP contribution is 2.31. The minimum atomic E-state index is -0.539. The van der Waals surface area contributed by atoms with Gasteiger partial charge >= 0.3 is 0 Å². The Kier molecular flexibility index (Phi) is 6.26. The maximum Gasteiger partial charge on any atom is 0.242 e. The number of benzene rings is 2. The Morgan fingerprint density at radius 3 is 2.54 bits per heavy atom. The SMILES string of the molecule is CC(C)CNC(=O)C(C)n1c(Cc2ccccc2F)nc2cc(Cl)c(Cl)cc21. The summed E-state index contributed by atoms with van der Waals surface area (Å²) >= 11 is 12.3. The summed E-state index contributed by atoms with van der Waals surface area (Å²) in [5.41, 5.74) is 1.81. The number of aromatic nitrogens is 2. The molecule has 1 heterocycles. The van der Waals surface area contributed by atoms with Crippen molar-refractivity contribution in [1.29, 1.82) is 0 Å². The molecule has 0 aliphatic carbocycles. The first kappa shape index (κ1) is 20.6. The lowest BCUT2D eigenvalue weighted by Gasteiger charge is -2.18. The zero-order chi connectivity index (χ0) is 20.4. The Morgan fingerprint density at radius 2 is 1.86 bits per heavy atom. The lowest BCUT2D eigenvalue weighted by Crippen LogP contribution is -2.34. The number of imidazole rings is 1. The Hall–Kier alpha value is -2.11. The minimum Gasteiger partial charge on any atom is -0.354 e. The zero-order valence-electron chi connectivity index (χ0n) is 16.0. The van der Waals surface area contributed by atoms with Crippen LogP contribution in [0.25, 0.3) is 11.0 Å². The molecule has 1 unspecified atom stereocenters. The molecule has 1 N–H and O–H groups in total. The van der Waals surface area contributed by atoms with E-state index in [0.717, 1.165) is 0 Å². The van der Waals surface area contributed by atoms with Crippen LogP contribution in [0.1, 0.15) is 38.2 Å². The number of halogens is 3. The van der Waals surface area contributed by atoms with E-state index in [4.69, 9.17) is 23.2 Å². The van der Waals surface area contributed by atoms with Crippen LogP contribution in [0.15, 0.2) is 36.4 Å². The average Bonchev–Trinajstić information content (AvgIpc) is 2.98. The van der Waals surface area contributed by atoms with E-state index in [1.54, 1.807) is 41.8 Å². The van der Waals surface area contributed by atoms with Gasteiger partial charge in [-0.3, -0.25) is 4.79 Å². The summed E-state index contributed by atoms with van der Waals surface area (Å²) in [6.45, 7) is 6.43. The molecule has 0 fully saturated rings. The van der Waals surface area contributed by atoms with Crippen LogP contribution >= 0.6 is 23.2 Å². The van der Waals surface area contributed by atoms with Crippen LogP contribution in [0.5, 0.6) is 0 Å². The van der Waals surface area contributed by atoms with Gasteiger partial charge in [0.25, 0.3) is 0 Å². The summed E-state index contributed by atoms with van der Waals surface area (Å²) in [5, 5.41) is 3.70. The first-order valence-corrected chi connectivity index (χ1v) is 9.90. The van der Waals surface area contributed by atoms with Gasteiger partial charge in [0.15, 0.2) is 0 Å². The van der Waals surface area contributed by atoms with Gasteiger partial charge in [0.2, 0.25) is 5.91 Å². The fourth-order valence-corrected chi connectivity index (χ4v) is 3.39. The van der Waals surface area contributed by atoms with Crippen LogP contribution < -0.4 is 5.32 Å². The number of carbonyl (C=O) groups is 1. The molecule has 0 saturated carbocycles. The highest BCUT2D eigenvalue weighted by molar-refractivity contribution is 6.42. The largest absolute Gasteiger partial charge is 0.354 e. The zero-order valence-corrected chi connectivity index (χ0v) is 17.5. The second-order valence-corrected chi connectivity index (χ2v) is 8.05. The van der Waals surface area contributed by atoms with Crippen molar-refractivity contribution >= 4 is 40.1 Å². The first-order valence-electron chi connectivity index (χ1n) is 9.15. The summed E-state index contributed by atoms with van der Waals surface area (Å²) in [4.78, 5) is 17.3. The molecule has 0 radical (unpaired) electrons. The van der Waals surface area contributed by atoms with Gasteiger partial charge in [-0.05, 0) is 36.6 Å². The number of hydrogen-bond donors (Lipinski definition) is 1. The van der Waals surface area contributed by atoms with E-state index >= 15 is 0 Å². The monoisotopic (exact) mass is 421 g/mol. The molecule has 0 aliphatic rings. The van der Waals surface area contributed by atoms with Crippen LogP contribution in [0.4, 0.5) is 4.39 Å². The van der Waals surface area contributed by atoms with E-state index in [0.29, 0.717) is 44.9 Å². The third-order valence-corrected chi connectivity index (χ3v) is 5.28. The van der Waals surface area contributed by atoms with Crippen LogP contribution in [0.3, 0.4) is 0 Å². The first-order chi connectivity index (χ1) is 13.3. The van der Waals surface area contributed by atoms with Crippen molar-refractivity contribution in [3.8, 4) is 0 Å². The number of fused-ring (bicyclic) bond motifs is 1. The van der Waals surface area contributed by atoms with Crippen molar-refractivity contribution in [2.45, 2.75) is 33.2 Å². The van der Waals surface area contributed by atoms with Crippen LogP contribution in [0, 0.1) is 11.7 Å². The maximum absolute atomic E-state index is 14.2. The molecular weight excluding hydrogens is 400 g/mol.